The highest BCUT2D eigenvalue weighted by atomic mass is 19.1. The zero-order valence-corrected chi connectivity index (χ0v) is 15.7. The number of amides is 2. The first kappa shape index (κ1) is 18.4. The smallest absolute Gasteiger partial charge is 0.321 e. The van der Waals surface area contributed by atoms with Gasteiger partial charge in [-0.15, -0.1) is 0 Å². The monoisotopic (exact) mass is 355 g/mol. The molecule has 5 heteroatoms. The van der Waals surface area contributed by atoms with Crippen molar-refractivity contribution in [1.29, 1.82) is 0 Å². The predicted molar refractivity (Wildman–Crippen MR) is 103 cm³/mol. The Balaban J connectivity index is 1.53. The number of benzene rings is 2. The molecule has 2 aromatic rings. The van der Waals surface area contributed by atoms with Crippen LogP contribution in [0.15, 0.2) is 36.4 Å². The molecular formula is C21H26FN3O. The van der Waals surface area contributed by atoms with Crippen LogP contribution in [0.25, 0.3) is 0 Å². The number of hydrogen-bond donors (Lipinski definition) is 1. The van der Waals surface area contributed by atoms with Gasteiger partial charge < -0.3 is 10.2 Å². The summed E-state index contributed by atoms with van der Waals surface area (Å²) in [6.07, 6.45) is 0. The van der Waals surface area contributed by atoms with Crippen molar-refractivity contribution in [2.24, 2.45) is 0 Å². The van der Waals surface area contributed by atoms with Crippen LogP contribution in [0.3, 0.4) is 0 Å². The molecule has 0 atom stereocenters. The van der Waals surface area contributed by atoms with E-state index in [1.165, 1.54) is 23.3 Å². The van der Waals surface area contributed by atoms with E-state index in [0.717, 1.165) is 36.4 Å². The van der Waals surface area contributed by atoms with Crippen molar-refractivity contribution in [2.75, 3.05) is 31.5 Å². The average Bonchev–Trinajstić information content (AvgIpc) is 2.62. The van der Waals surface area contributed by atoms with Crippen molar-refractivity contribution in [3.05, 3.63) is 64.5 Å². The van der Waals surface area contributed by atoms with Crippen molar-refractivity contribution in [3.8, 4) is 0 Å². The number of rotatable bonds is 3. The highest BCUT2D eigenvalue weighted by Gasteiger charge is 2.21. The number of nitrogens with zero attached hydrogens (tertiary/aromatic N) is 2. The number of halogens is 1. The summed E-state index contributed by atoms with van der Waals surface area (Å²) < 4.78 is 13.0. The van der Waals surface area contributed by atoms with Gasteiger partial charge in [0.2, 0.25) is 0 Å². The second kappa shape index (κ2) is 7.87. The van der Waals surface area contributed by atoms with E-state index in [-0.39, 0.29) is 11.8 Å². The minimum absolute atomic E-state index is 0.0437. The fourth-order valence-corrected chi connectivity index (χ4v) is 3.25. The van der Waals surface area contributed by atoms with Gasteiger partial charge in [-0.3, -0.25) is 4.90 Å². The molecule has 2 amide bonds. The van der Waals surface area contributed by atoms with Gasteiger partial charge in [-0.1, -0.05) is 18.2 Å². The van der Waals surface area contributed by atoms with Gasteiger partial charge in [0.15, 0.2) is 0 Å². The molecule has 1 aliphatic heterocycles. The molecule has 0 saturated carbocycles. The summed E-state index contributed by atoms with van der Waals surface area (Å²) in [6, 6.07) is 10.7. The second-order valence-electron chi connectivity index (χ2n) is 7.07. The minimum Gasteiger partial charge on any atom is -0.322 e. The van der Waals surface area contributed by atoms with Crippen LogP contribution < -0.4 is 5.32 Å². The van der Waals surface area contributed by atoms with Crippen molar-refractivity contribution >= 4 is 11.7 Å². The SMILES string of the molecule is Cc1cc(C)c(NC(=O)N2CCN(Cc3ccc(F)cc3)CC2)cc1C. The first-order valence-electron chi connectivity index (χ1n) is 9.03. The zero-order valence-electron chi connectivity index (χ0n) is 15.7. The third-order valence-corrected chi connectivity index (χ3v) is 5.06. The molecule has 0 aromatic heterocycles. The summed E-state index contributed by atoms with van der Waals surface area (Å²) in [6.45, 7) is 9.95. The van der Waals surface area contributed by atoms with Crippen LogP contribution in [0, 0.1) is 26.6 Å². The molecule has 26 heavy (non-hydrogen) atoms. The van der Waals surface area contributed by atoms with E-state index in [4.69, 9.17) is 0 Å². The molecule has 1 saturated heterocycles. The number of urea groups is 1. The highest BCUT2D eigenvalue weighted by Crippen LogP contribution is 2.21. The predicted octanol–water partition coefficient (Wildman–Crippen LogP) is 4.10. The van der Waals surface area contributed by atoms with Crippen LogP contribution in [0.2, 0.25) is 0 Å². The number of aryl methyl sites for hydroxylation is 3. The molecule has 138 valence electrons. The Labute approximate surface area is 154 Å². The van der Waals surface area contributed by atoms with Crippen LogP contribution >= 0.6 is 0 Å². The molecule has 4 nitrogen and oxygen atoms in total. The molecule has 0 unspecified atom stereocenters. The lowest BCUT2D eigenvalue weighted by Crippen LogP contribution is -2.49. The summed E-state index contributed by atoms with van der Waals surface area (Å²) in [5, 5.41) is 3.05. The summed E-state index contributed by atoms with van der Waals surface area (Å²) in [5.74, 6) is -0.211. The lowest BCUT2D eigenvalue weighted by Gasteiger charge is -2.34. The fourth-order valence-electron chi connectivity index (χ4n) is 3.25. The van der Waals surface area contributed by atoms with Gasteiger partial charge in [-0.25, -0.2) is 9.18 Å². The summed E-state index contributed by atoms with van der Waals surface area (Å²) >= 11 is 0. The fraction of sp³-hybridized carbons (Fsp3) is 0.381. The van der Waals surface area contributed by atoms with Gasteiger partial charge in [0.1, 0.15) is 5.82 Å². The topological polar surface area (TPSA) is 35.6 Å². The maximum Gasteiger partial charge on any atom is 0.321 e. The quantitative estimate of drug-likeness (QED) is 0.900. The van der Waals surface area contributed by atoms with Gasteiger partial charge >= 0.3 is 6.03 Å². The maximum atomic E-state index is 13.0. The van der Waals surface area contributed by atoms with Crippen LogP contribution in [0.1, 0.15) is 22.3 Å². The Bertz CT molecular complexity index is 781. The third kappa shape index (κ3) is 4.41. The number of carbonyl (C=O) groups excluding carboxylic acids is 1. The Morgan fingerprint density at radius 1 is 0.962 bits per heavy atom. The van der Waals surface area contributed by atoms with Crippen molar-refractivity contribution in [3.63, 3.8) is 0 Å². The minimum atomic E-state index is -0.211. The summed E-state index contributed by atoms with van der Waals surface area (Å²) in [5.41, 5.74) is 5.46. The van der Waals surface area contributed by atoms with E-state index in [0.29, 0.717) is 13.1 Å². The van der Waals surface area contributed by atoms with Crippen molar-refractivity contribution in [1.82, 2.24) is 9.80 Å². The summed E-state index contributed by atoms with van der Waals surface area (Å²) in [7, 11) is 0. The van der Waals surface area contributed by atoms with Crippen molar-refractivity contribution < 1.29 is 9.18 Å². The number of anilines is 1. The third-order valence-electron chi connectivity index (χ3n) is 5.06. The van der Waals surface area contributed by atoms with E-state index in [2.05, 4.69) is 30.1 Å². The normalized spacial score (nSPS) is 15.2. The number of carbonyl (C=O) groups is 1. The average molecular weight is 355 g/mol. The van der Waals surface area contributed by atoms with E-state index >= 15 is 0 Å². The van der Waals surface area contributed by atoms with E-state index < -0.39 is 0 Å². The van der Waals surface area contributed by atoms with Gasteiger partial charge in [-0.2, -0.15) is 0 Å². The molecule has 1 N–H and O–H groups in total. The van der Waals surface area contributed by atoms with Gasteiger partial charge in [0, 0.05) is 38.4 Å². The van der Waals surface area contributed by atoms with Crippen molar-refractivity contribution in [2.45, 2.75) is 27.3 Å². The van der Waals surface area contributed by atoms with E-state index in [1.807, 2.05) is 30.0 Å². The van der Waals surface area contributed by atoms with Crippen LogP contribution in [0.5, 0.6) is 0 Å². The zero-order chi connectivity index (χ0) is 18.7. The Morgan fingerprint density at radius 2 is 1.58 bits per heavy atom. The first-order valence-corrected chi connectivity index (χ1v) is 9.03. The van der Waals surface area contributed by atoms with E-state index in [9.17, 15) is 9.18 Å². The molecule has 0 radical (unpaired) electrons. The Hall–Kier alpha value is -2.40. The summed E-state index contributed by atoms with van der Waals surface area (Å²) in [4.78, 5) is 16.7. The Kier molecular flexibility index (Phi) is 5.57. The number of nitrogens with one attached hydrogen (secondary N) is 1. The van der Waals surface area contributed by atoms with Gasteiger partial charge in [-0.05, 0) is 61.2 Å². The number of hydrogen-bond acceptors (Lipinski definition) is 2. The molecule has 0 bridgehead atoms. The molecule has 1 fully saturated rings. The van der Waals surface area contributed by atoms with E-state index in [1.54, 1.807) is 0 Å². The molecule has 1 heterocycles. The van der Waals surface area contributed by atoms with Gasteiger partial charge in [0.05, 0.1) is 0 Å². The molecule has 3 rings (SSSR count). The maximum absolute atomic E-state index is 13.0. The molecule has 0 aliphatic carbocycles. The highest BCUT2D eigenvalue weighted by molar-refractivity contribution is 5.90. The van der Waals surface area contributed by atoms with Gasteiger partial charge in [0.25, 0.3) is 0 Å². The largest absolute Gasteiger partial charge is 0.322 e. The molecule has 0 spiro atoms. The first-order chi connectivity index (χ1) is 12.4. The van der Waals surface area contributed by atoms with Crippen LogP contribution in [0.4, 0.5) is 14.9 Å². The van der Waals surface area contributed by atoms with Crippen LogP contribution in [-0.2, 0) is 6.54 Å². The number of piperazine rings is 1. The lowest BCUT2D eigenvalue weighted by molar-refractivity contribution is 0.143. The standard InChI is InChI=1S/C21H26FN3O/c1-15-12-17(3)20(13-16(15)2)23-21(26)25-10-8-24(9-11-25)14-18-4-6-19(22)7-5-18/h4-7,12-13H,8-11,14H2,1-3H3,(H,23,26). The Morgan fingerprint density at radius 3 is 2.23 bits per heavy atom. The second-order valence-corrected chi connectivity index (χ2v) is 7.07. The molecule has 2 aromatic carbocycles. The van der Waals surface area contributed by atoms with Crippen LogP contribution in [-0.4, -0.2) is 42.0 Å². The lowest BCUT2D eigenvalue weighted by atomic mass is 10.1. The molecule has 1 aliphatic rings. The molecular weight excluding hydrogens is 329 g/mol.